The standard InChI is InChI=1S/C27H21Cl2NO3S/c1-2-13-30-33-27(31)23-15-19(8-10-24(23)29)26-21(12-14-34-26)22-16-20(28)9-11-25(22)32-17-18-6-4-3-5-7-18/h3-16H,2,17H2,1H3/p+1. The summed E-state index contributed by atoms with van der Waals surface area (Å²) in [5, 5.41) is 5.46. The number of ether oxygens (including phenoxy) is 1. The van der Waals surface area contributed by atoms with Crippen molar-refractivity contribution in [2.45, 2.75) is 20.0 Å². The van der Waals surface area contributed by atoms with Crippen molar-refractivity contribution in [2.24, 2.45) is 0 Å². The summed E-state index contributed by atoms with van der Waals surface area (Å²) >= 11 is 14.2. The van der Waals surface area contributed by atoms with Crippen molar-refractivity contribution in [1.29, 1.82) is 0 Å². The minimum atomic E-state index is -0.552. The number of thiophene rings is 1. The smallest absolute Gasteiger partial charge is 0.411 e. The molecule has 0 aliphatic rings. The molecule has 0 aliphatic carbocycles. The average Bonchev–Trinajstić information content (AvgIpc) is 3.34. The van der Waals surface area contributed by atoms with E-state index in [-0.39, 0.29) is 5.56 Å². The van der Waals surface area contributed by atoms with E-state index in [1.54, 1.807) is 29.7 Å². The van der Waals surface area contributed by atoms with Gasteiger partial charge in [-0.25, -0.2) is 4.79 Å². The molecule has 0 spiro atoms. The van der Waals surface area contributed by atoms with Crippen LogP contribution in [0.25, 0.3) is 21.6 Å². The monoisotopic (exact) mass is 510 g/mol. The van der Waals surface area contributed by atoms with Gasteiger partial charge in [0.05, 0.1) is 10.6 Å². The molecule has 0 atom stereocenters. The second-order valence-electron chi connectivity index (χ2n) is 7.39. The van der Waals surface area contributed by atoms with E-state index in [2.05, 4.69) is 5.16 Å². The first-order chi connectivity index (χ1) is 16.6. The number of halogens is 2. The highest BCUT2D eigenvalue weighted by molar-refractivity contribution is 7.14. The molecular weight excluding hydrogens is 489 g/mol. The summed E-state index contributed by atoms with van der Waals surface area (Å²) in [5.74, 6) is 0.171. The Labute approximate surface area is 212 Å². The van der Waals surface area contributed by atoms with Gasteiger partial charge in [-0.15, -0.1) is 11.3 Å². The third-order valence-corrected chi connectivity index (χ3v) is 6.55. The van der Waals surface area contributed by atoms with Gasteiger partial charge in [0.25, 0.3) is 0 Å². The molecule has 172 valence electrons. The lowest BCUT2D eigenvalue weighted by atomic mass is 10.0. The van der Waals surface area contributed by atoms with Gasteiger partial charge in [0.2, 0.25) is 0 Å². The van der Waals surface area contributed by atoms with Gasteiger partial charge in [-0.3, -0.25) is 0 Å². The molecule has 1 N–H and O–H groups in total. The molecule has 0 bridgehead atoms. The Balaban J connectivity index is 1.68. The second kappa shape index (κ2) is 11.3. The molecule has 0 amide bonds. The molecule has 0 saturated carbocycles. The zero-order chi connectivity index (χ0) is 23.9. The van der Waals surface area contributed by atoms with Crippen LogP contribution in [0.1, 0.15) is 29.3 Å². The summed E-state index contributed by atoms with van der Waals surface area (Å²) in [4.78, 5) is 18.6. The Bertz CT molecular complexity index is 1320. The first-order valence-corrected chi connectivity index (χ1v) is 12.3. The third kappa shape index (κ3) is 5.68. The van der Waals surface area contributed by atoms with E-state index in [9.17, 15) is 4.79 Å². The zero-order valence-electron chi connectivity index (χ0n) is 18.4. The van der Waals surface area contributed by atoms with Gasteiger partial charge in [-0.2, -0.15) is 4.84 Å². The molecule has 7 heteroatoms. The maximum atomic E-state index is 12.5. The molecule has 1 heterocycles. The predicted molar refractivity (Wildman–Crippen MR) is 139 cm³/mol. The minimum absolute atomic E-state index is 0.280. The summed E-state index contributed by atoms with van der Waals surface area (Å²) in [6, 6.07) is 22.9. The molecule has 0 unspecified atom stereocenters. The maximum absolute atomic E-state index is 12.5. The fourth-order valence-corrected chi connectivity index (χ4v) is 4.65. The van der Waals surface area contributed by atoms with E-state index in [0.717, 1.165) is 32.9 Å². The summed E-state index contributed by atoms with van der Waals surface area (Å²) in [6.45, 7) is 2.37. The normalized spacial score (nSPS) is 11.0. The molecule has 0 radical (unpaired) electrons. The van der Waals surface area contributed by atoms with Crippen molar-refractivity contribution in [1.82, 2.24) is 0 Å². The van der Waals surface area contributed by atoms with E-state index in [0.29, 0.717) is 23.1 Å². The Kier molecular flexibility index (Phi) is 8.01. The fraction of sp³-hybridized carbons (Fsp3) is 0.111. The van der Waals surface area contributed by atoms with Crippen LogP contribution < -0.4 is 9.89 Å². The zero-order valence-corrected chi connectivity index (χ0v) is 20.7. The van der Waals surface area contributed by atoms with Crippen molar-refractivity contribution in [3.63, 3.8) is 0 Å². The van der Waals surface area contributed by atoms with Crippen molar-refractivity contribution < 1.29 is 19.5 Å². The van der Waals surface area contributed by atoms with Crippen LogP contribution in [-0.4, -0.2) is 12.2 Å². The van der Waals surface area contributed by atoms with Crippen molar-refractivity contribution in [2.75, 3.05) is 0 Å². The lowest BCUT2D eigenvalue weighted by Gasteiger charge is -2.13. The number of hydrogen-bond donors (Lipinski definition) is 1. The molecule has 0 saturated heterocycles. The Hall–Kier alpha value is -3.12. The van der Waals surface area contributed by atoms with Crippen LogP contribution in [0.4, 0.5) is 0 Å². The van der Waals surface area contributed by atoms with Crippen molar-refractivity contribution >= 4 is 46.7 Å². The largest absolute Gasteiger partial charge is 0.488 e. The topological polar surface area (TPSA) is 49.5 Å². The summed E-state index contributed by atoms with van der Waals surface area (Å²) in [6.07, 6.45) is 2.36. The van der Waals surface area contributed by atoms with E-state index in [4.69, 9.17) is 32.8 Å². The van der Waals surface area contributed by atoms with Crippen LogP contribution in [-0.2, 0) is 11.4 Å². The molecule has 3 aromatic carbocycles. The Morgan fingerprint density at radius 3 is 2.62 bits per heavy atom. The first-order valence-electron chi connectivity index (χ1n) is 10.7. The molecule has 0 aliphatic heterocycles. The van der Waals surface area contributed by atoms with Crippen LogP contribution >= 0.6 is 34.5 Å². The fourth-order valence-electron chi connectivity index (χ4n) is 3.38. The lowest BCUT2D eigenvalue weighted by molar-refractivity contribution is -0.718. The number of benzene rings is 3. The van der Waals surface area contributed by atoms with E-state index >= 15 is 0 Å². The van der Waals surface area contributed by atoms with Crippen LogP contribution in [0.2, 0.25) is 10.0 Å². The van der Waals surface area contributed by atoms with Gasteiger partial charge < -0.3 is 4.74 Å². The number of nitrogens with one attached hydrogen (secondary N) is 1. The highest BCUT2D eigenvalue weighted by Gasteiger charge is 2.19. The van der Waals surface area contributed by atoms with Gasteiger partial charge >= 0.3 is 5.97 Å². The summed E-state index contributed by atoms with van der Waals surface area (Å²) in [7, 11) is 0. The van der Waals surface area contributed by atoms with Crippen LogP contribution in [0.5, 0.6) is 5.75 Å². The van der Waals surface area contributed by atoms with Gasteiger partial charge in [0.1, 0.15) is 12.4 Å². The second-order valence-corrected chi connectivity index (χ2v) is 9.15. The summed E-state index contributed by atoms with van der Waals surface area (Å²) < 4.78 is 6.17. The molecule has 34 heavy (non-hydrogen) atoms. The maximum Gasteiger partial charge on any atom is 0.411 e. The molecule has 1 aromatic heterocycles. The van der Waals surface area contributed by atoms with Gasteiger partial charge in [0, 0.05) is 27.4 Å². The van der Waals surface area contributed by atoms with Gasteiger partial charge in [-0.05, 0) is 58.1 Å². The van der Waals surface area contributed by atoms with E-state index in [1.165, 1.54) is 0 Å². The van der Waals surface area contributed by atoms with E-state index < -0.39 is 5.97 Å². The Morgan fingerprint density at radius 1 is 1.00 bits per heavy atom. The average molecular weight is 511 g/mol. The highest BCUT2D eigenvalue weighted by atomic mass is 35.5. The molecule has 4 aromatic rings. The van der Waals surface area contributed by atoms with Crippen LogP contribution in [0.15, 0.2) is 78.2 Å². The number of hydrogen-bond acceptors (Lipinski definition) is 4. The number of carbonyl (C=O) groups excluding carboxylic acids is 1. The predicted octanol–water partition coefficient (Wildman–Crippen LogP) is 6.60. The highest BCUT2D eigenvalue weighted by Crippen LogP contribution is 2.42. The quantitative estimate of drug-likeness (QED) is 0.165. The molecule has 4 nitrogen and oxygen atoms in total. The molecular formula is C27H22Cl2NO3S+. The van der Waals surface area contributed by atoms with Crippen LogP contribution in [0, 0.1) is 0 Å². The van der Waals surface area contributed by atoms with Gasteiger partial charge in [-0.1, -0.05) is 66.5 Å². The first kappa shape index (κ1) is 24.0. The molecule has 0 fully saturated rings. The molecule has 4 rings (SSSR count). The van der Waals surface area contributed by atoms with Crippen molar-refractivity contribution in [3.05, 3.63) is 99.3 Å². The SMILES string of the molecule is CCC=[NH+]OC(=O)c1cc(-c2sccc2-c2cc(Cl)ccc2OCc2ccccc2)ccc1Cl. The van der Waals surface area contributed by atoms with Crippen molar-refractivity contribution in [3.8, 4) is 27.3 Å². The summed E-state index contributed by atoms with van der Waals surface area (Å²) in [5.41, 5.74) is 4.02. The number of carbonyl (C=O) groups is 1. The van der Waals surface area contributed by atoms with Crippen LogP contribution in [0.3, 0.4) is 0 Å². The minimum Gasteiger partial charge on any atom is -0.488 e. The van der Waals surface area contributed by atoms with Gasteiger partial charge in [0.15, 0.2) is 6.21 Å². The Morgan fingerprint density at radius 2 is 1.82 bits per heavy atom. The van der Waals surface area contributed by atoms with E-state index in [1.807, 2.05) is 73.0 Å². The third-order valence-electron chi connectivity index (χ3n) is 5.02. The lowest BCUT2D eigenvalue weighted by Crippen LogP contribution is -2.68. The number of rotatable bonds is 8.